The second kappa shape index (κ2) is 6.12. The van der Waals surface area contributed by atoms with Crippen LogP contribution in [0.1, 0.15) is 35.1 Å². The molecule has 0 saturated carbocycles. The van der Waals surface area contributed by atoms with Gasteiger partial charge in [-0.1, -0.05) is 0 Å². The molecule has 4 nitrogen and oxygen atoms in total. The van der Waals surface area contributed by atoms with Gasteiger partial charge in [0.25, 0.3) is 0 Å². The first-order valence-corrected chi connectivity index (χ1v) is 8.30. The number of anilines is 1. The Balaban J connectivity index is 1.78. The quantitative estimate of drug-likeness (QED) is 0.868. The van der Waals surface area contributed by atoms with E-state index >= 15 is 0 Å². The van der Waals surface area contributed by atoms with E-state index in [-0.39, 0.29) is 0 Å². The number of rotatable bonds is 4. The Hall–Kier alpha value is -1.46. The molecule has 0 aliphatic carbocycles. The molecule has 1 atom stereocenters. The highest BCUT2D eigenvalue weighted by Crippen LogP contribution is 2.34. The zero-order valence-electron chi connectivity index (χ0n) is 12.9. The third kappa shape index (κ3) is 3.24. The summed E-state index contributed by atoms with van der Waals surface area (Å²) in [6.45, 7) is 4.18. The van der Waals surface area contributed by atoms with Crippen LogP contribution in [0.3, 0.4) is 0 Å². The number of aromatic nitrogens is 2. The van der Waals surface area contributed by atoms with Gasteiger partial charge in [0.2, 0.25) is 0 Å². The van der Waals surface area contributed by atoms with Crippen molar-refractivity contribution in [3.05, 3.63) is 40.0 Å². The van der Waals surface area contributed by atoms with Crippen LogP contribution in [0.25, 0.3) is 0 Å². The van der Waals surface area contributed by atoms with E-state index in [4.69, 9.17) is 0 Å². The van der Waals surface area contributed by atoms with Gasteiger partial charge in [0.05, 0.1) is 10.7 Å². The van der Waals surface area contributed by atoms with Crippen LogP contribution < -0.4 is 4.90 Å². The van der Waals surface area contributed by atoms with Crippen LogP contribution in [0.5, 0.6) is 0 Å². The number of hydrogen-bond donors (Lipinski definition) is 0. The Morgan fingerprint density at radius 2 is 2.29 bits per heavy atom. The third-order valence-corrected chi connectivity index (χ3v) is 4.83. The largest absolute Gasteiger partial charge is 0.363 e. The first kappa shape index (κ1) is 14.5. The van der Waals surface area contributed by atoms with Gasteiger partial charge in [0, 0.05) is 38.3 Å². The highest BCUT2D eigenvalue weighted by atomic mass is 32.1. The maximum atomic E-state index is 4.60. The van der Waals surface area contributed by atoms with E-state index in [0.717, 1.165) is 23.9 Å². The summed E-state index contributed by atoms with van der Waals surface area (Å²) in [7, 11) is 4.08. The monoisotopic (exact) mass is 302 g/mol. The van der Waals surface area contributed by atoms with E-state index in [9.17, 15) is 0 Å². The van der Waals surface area contributed by atoms with Crippen LogP contribution in [0.15, 0.2) is 23.7 Å². The molecular weight excluding hydrogens is 280 g/mol. The van der Waals surface area contributed by atoms with Gasteiger partial charge in [-0.2, -0.15) is 0 Å². The van der Waals surface area contributed by atoms with E-state index in [0.29, 0.717) is 6.04 Å². The number of hydrogen-bond acceptors (Lipinski definition) is 5. The Bertz CT molecular complexity index is 608. The van der Waals surface area contributed by atoms with E-state index in [2.05, 4.69) is 44.2 Å². The molecule has 0 aromatic carbocycles. The smallest absolute Gasteiger partial charge is 0.128 e. The molecule has 3 rings (SSSR count). The molecule has 1 fully saturated rings. The van der Waals surface area contributed by atoms with Crippen molar-refractivity contribution in [3.63, 3.8) is 0 Å². The highest BCUT2D eigenvalue weighted by molar-refractivity contribution is 7.09. The van der Waals surface area contributed by atoms with Gasteiger partial charge in [0.15, 0.2) is 0 Å². The maximum absolute atomic E-state index is 4.60. The maximum Gasteiger partial charge on any atom is 0.128 e. The van der Waals surface area contributed by atoms with Crippen LogP contribution in [0.4, 0.5) is 5.82 Å². The number of likely N-dealkylation sites (tertiary alicyclic amines) is 1. The molecule has 1 saturated heterocycles. The summed E-state index contributed by atoms with van der Waals surface area (Å²) in [6.07, 6.45) is 4.40. The summed E-state index contributed by atoms with van der Waals surface area (Å²) < 4.78 is 0. The normalized spacial score (nSPS) is 19.1. The lowest BCUT2D eigenvalue weighted by Crippen LogP contribution is -2.23. The van der Waals surface area contributed by atoms with Crippen molar-refractivity contribution in [1.29, 1.82) is 0 Å². The fraction of sp³-hybridized carbons (Fsp3) is 0.500. The fourth-order valence-corrected chi connectivity index (χ4v) is 3.57. The fourth-order valence-electron chi connectivity index (χ4n) is 2.97. The minimum Gasteiger partial charge on any atom is -0.363 e. The van der Waals surface area contributed by atoms with E-state index in [1.165, 1.54) is 24.1 Å². The highest BCUT2D eigenvalue weighted by Gasteiger charge is 2.26. The lowest BCUT2D eigenvalue weighted by molar-refractivity contribution is 0.246. The van der Waals surface area contributed by atoms with Crippen LogP contribution in [-0.2, 0) is 6.54 Å². The van der Waals surface area contributed by atoms with Crippen molar-refractivity contribution in [2.45, 2.75) is 32.4 Å². The molecule has 112 valence electrons. The lowest BCUT2D eigenvalue weighted by Gasteiger charge is -2.24. The summed E-state index contributed by atoms with van der Waals surface area (Å²) >= 11 is 1.74. The third-order valence-electron chi connectivity index (χ3n) is 4.01. The number of pyridine rings is 1. The van der Waals surface area contributed by atoms with Gasteiger partial charge in [-0.25, -0.2) is 9.97 Å². The van der Waals surface area contributed by atoms with Crippen molar-refractivity contribution in [2.24, 2.45) is 0 Å². The summed E-state index contributed by atoms with van der Waals surface area (Å²) in [5.74, 6) is 1.03. The van der Waals surface area contributed by atoms with E-state index < -0.39 is 0 Å². The van der Waals surface area contributed by atoms with Crippen LogP contribution in [0.2, 0.25) is 0 Å². The van der Waals surface area contributed by atoms with E-state index in [1.807, 2.05) is 20.3 Å². The summed E-state index contributed by atoms with van der Waals surface area (Å²) in [6, 6.07) is 4.87. The predicted molar refractivity (Wildman–Crippen MR) is 87.8 cm³/mol. The Labute approximate surface area is 130 Å². The standard InChI is InChI=1S/C16H22N4S/c1-12-18-14(11-21-12)10-20-8-4-5-15(20)13-6-7-17-16(9-13)19(2)3/h6-7,9,11,15H,4-5,8,10H2,1-3H3/t15-/m0/s1. The number of nitrogens with zero attached hydrogens (tertiary/aromatic N) is 4. The first-order chi connectivity index (χ1) is 10.1. The summed E-state index contributed by atoms with van der Waals surface area (Å²) in [5.41, 5.74) is 2.57. The molecule has 2 aromatic heterocycles. The van der Waals surface area contributed by atoms with Crippen molar-refractivity contribution in [1.82, 2.24) is 14.9 Å². The summed E-state index contributed by atoms with van der Waals surface area (Å²) in [4.78, 5) is 13.6. The molecule has 5 heteroatoms. The molecular formula is C16H22N4S. The van der Waals surface area contributed by atoms with Crippen molar-refractivity contribution in [2.75, 3.05) is 25.5 Å². The molecule has 3 heterocycles. The average molecular weight is 302 g/mol. The zero-order valence-corrected chi connectivity index (χ0v) is 13.7. The first-order valence-electron chi connectivity index (χ1n) is 7.42. The average Bonchev–Trinajstić information content (AvgIpc) is 3.09. The van der Waals surface area contributed by atoms with Gasteiger partial charge in [-0.3, -0.25) is 4.90 Å². The molecule has 1 aliphatic heterocycles. The number of aryl methyl sites for hydroxylation is 1. The number of thiazole rings is 1. The van der Waals surface area contributed by atoms with Crippen LogP contribution in [0, 0.1) is 6.92 Å². The minimum atomic E-state index is 0.494. The Morgan fingerprint density at radius 3 is 3.00 bits per heavy atom. The predicted octanol–water partition coefficient (Wildman–Crippen LogP) is 3.25. The minimum absolute atomic E-state index is 0.494. The molecule has 0 radical (unpaired) electrons. The van der Waals surface area contributed by atoms with Gasteiger partial charge in [0.1, 0.15) is 5.82 Å². The van der Waals surface area contributed by atoms with Crippen LogP contribution in [-0.4, -0.2) is 35.5 Å². The topological polar surface area (TPSA) is 32.3 Å². The van der Waals surface area contributed by atoms with E-state index in [1.54, 1.807) is 11.3 Å². The second-order valence-electron chi connectivity index (χ2n) is 5.83. The Morgan fingerprint density at radius 1 is 1.43 bits per heavy atom. The van der Waals surface area contributed by atoms with Gasteiger partial charge in [-0.05, 0) is 44.0 Å². The molecule has 0 amide bonds. The molecule has 21 heavy (non-hydrogen) atoms. The lowest BCUT2D eigenvalue weighted by atomic mass is 10.1. The molecule has 0 bridgehead atoms. The van der Waals surface area contributed by atoms with Crippen molar-refractivity contribution >= 4 is 17.2 Å². The van der Waals surface area contributed by atoms with Crippen molar-refractivity contribution in [3.8, 4) is 0 Å². The van der Waals surface area contributed by atoms with Gasteiger partial charge in [-0.15, -0.1) is 11.3 Å². The second-order valence-corrected chi connectivity index (χ2v) is 6.89. The van der Waals surface area contributed by atoms with Crippen LogP contribution >= 0.6 is 11.3 Å². The van der Waals surface area contributed by atoms with Gasteiger partial charge < -0.3 is 4.90 Å². The molecule has 0 unspecified atom stereocenters. The zero-order chi connectivity index (χ0) is 14.8. The Kier molecular flexibility index (Phi) is 4.22. The molecule has 0 spiro atoms. The molecule has 0 N–H and O–H groups in total. The summed E-state index contributed by atoms with van der Waals surface area (Å²) in [5, 5.41) is 3.34. The molecule has 1 aliphatic rings. The van der Waals surface area contributed by atoms with Gasteiger partial charge >= 0.3 is 0 Å². The van der Waals surface area contributed by atoms with Crippen molar-refractivity contribution < 1.29 is 0 Å². The SMILES string of the molecule is Cc1nc(CN2CCC[C@H]2c2ccnc(N(C)C)c2)cs1. The molecule has 2 aromatic rings.